The van der Waals surface area contributed by atoms with Crippen LogP contribution in [0.5, 0.6) is 0 Å². The van der Waals surface area contributed by atoms with Crippen molar-refractivity contribution >= 4 is 31.5 Å². The molecule has 212 valence electrons. The molecule has 4 fully saturated rings. The van der Waals surface area contributed by atoms with E-state index in [-0.39, 0.29) is 41.5 Å². The number of ether oxygens (including phenoxy) is 2. The number of fused-ring (bicyclic) bond motifs is 4. The van der Waals surface area contributed by atoms with Crippen molar-refractivity contribution in [3.8, 4) is 0 Å². The summed E-state index contributed by atoms with van der Waals surface area (Å²) in [6.45, 7) is 6.94. The summed E-state index contributed by atoms with van der Waals surface area (Å²) in [5, 5.41) is 2.67. The Balaban J connectivity index is 1.18. The van der Waals surface area contributed by atoms with Gasteiger partial charge in [-0.05, 0) is 24.8 Å². The van der Waals surface area contributed by atoms with E-state index in [0.717, 1.165) is 19.4 Å². The lowest BCUT2D eigenvalue weighted by Crippen LogP contribution is -2.41. The Morgan fingerprint density at radius 2 is 2.15 bits per heavy atom. The maximum absolute atomic E-state index is 12.8. The lowest BCUT2D eigenvalue weighted by atomic mass is 9.96. The summed E-state index contributed by atoms with van der Waals surface area (Å²) >= 11 is 0. The number of anilines is 1. The Morgan fingerprint density at radius 3 is 2.92 bits per heavy atom. The molecule has 7 atom stereocenters. The van der Waals surface area contributed by atoms with E-state index >= 15 is 0 Å². The highest BCUT2D eigenvalue weighted by Gasteiger charge is 2.64. The number of H-pyrrole nitrogens is 1. The van der Waals surface area contributed by atoms with Gasteiger partial charge in [0.1, 0.15) is 23.9 Å². The summed E-state index contributed by atoms with van der Waals surface area (Å²) in [6, 6.07) is 10.6. The van der Waals surface area contributed by atoms with Crippen LogP contribution in [0.15, 0.2) is 41.5 Å². The van der Waals surface area contributed by atoms with Crippen LogP contribution in [0.25, 0.3) is 11.2 Å². The fraction of sp³-hybridized carbons (Fsp3) is 0.556. The molecule has 3 aromatic rings. The van der Waals surface area contributed by atoms with Crippen LogP contribution in [0.4, 0.5) is 5.95 Å². The van der Waals surface area contributed by atoms with Gasteiger partial charge in [0.15, 0.2) is 17.4 Å². The molecule has 7 rings (SSSR count). The van der Waals surface area contributed by atoms with E-state index in [2.05, 4.69) is 44.0 Å². The Bertz CT molecular complexity index is 1480. The highest BCUT2D eigenvalue weighted by Crippen LogP contribution is 2.63. The van der Waals surface area contributed by atoms with Gasteiger partial charge in [0.25, 0.3) is 14.1 Å². The molecule has 0 aliphatic carbocycles. The number of aromatic nitrogens is 4. The highest BCUT2D eigenvalue weighted by molar-refractivity contribution is 7.45. The predicted octanol–water partition coefficient (Wildman–Crippen LogP) is 3.64. The number of imidazole rings is 1. The SMILES string of the molecule is CC[C@]12CO[C@@H](C1OP1OC(c3ccccc3)C3CCCN31)[C@H](n1cnc3c(=O)[nH]c(NC(=O)C(C)C)nc31)O2. The summed E-state index contributed by atoms with van der Waals surface area (Å²) < 4.78 is 30.5. The van der Waals surface area contributed by atoms with Crippen LogP contribution in [-0.2, 0) is 23.3 Å². The van der Waals surface area contributed by atoms with Crippen molar-refractivity contribution < 1.29 is 23.3 Å². The molecule has 40 heavy (non-hydrogen) atoms. The number of nitrogens with zero attached hydrogens (tertiary/aromatic N) is 4. The lowest BCUT2D eigenvalue weighted by molar-refractivity contribution is -0.172. The van der Waals surface area contributed by atoms with Crippen molar-refractivity contribution in [3.63, 3.8) is 0 Å². The molecule has 1 amide bonds. The molecule has 4 aliphatic heterocycles. The Kier molecular flexibility index (Phi) is 6.53. The molecule has 2 bridgehead atoms. The number of carbonyl (C=O) groups excluding carboxylic acids is 1. The molecule has 2 aromatic heterocycles. The highest BCUT2D eigenvalue weighted by atomic mass is 31.2. The minimum absolute atomic E-state index is 0.0305. The van der Waals surface area contributed by atoms with Crippen LogP contribution in [0.1, 0.15) is 57.9 Å². The van der Waals surface area contributed by atoms with Gasteiger partial charge in [0.2, 0.25) is 11.9 Å². The van der Waals surface area contributed by atoms with Crippen molar-refractivity contribution in [1.29, 1.82) is 0 Å². The average Bonchev–Trinajstić information content (AvgIpc) is 3.76. The first-order valence-electron chi connectivity index (χ1n) is 13.9. The first-order chi connectivity index (χ1) is 19.4. The van der Waals surface area contributed by atoms with Crippen LogP contribution in [0.2, 0.25) is 0 Å². The third kappa shape index (κ3) is 4.12. The molecule has 4 aliphatic rings. The summed E-state index contributed by atoms with van der Waals surface area (Å²) in [7, 11) is -1.32. The van der Waals surface area contributed by atoms with Crippen molar-refractivity contribution in [2.75, 3.05) is 18.5 Å². The first-order valence-corrected chi connectivity index (χ1v) is 15.0. The molecule has 0 spiro atoms. The second-order valence-electron chi connectivity index (χ2n) is 11.2. The topological polar surface area (TPSA) is 133 Å². The maximum atomic E-state index is 12.8. The van der Waals surface area contributed by atoms with E-state index in [4.69, 9.17) is 18.5 Å². The minimum atomic E-state index is -1.32. The van der Waals surface area contributed by atoms with Crippen molar-refractivity contribution in [2.24, 2.45) is 5.92 Å². The van der Waals surface area contributed by atoms with Gasteiger partial charge >= 0.3 is 0 Å². The monoisotopic (exact) mass is 568 g/mol. The maximum Gasteiger partial charge on any atom is 0.280 e. The Morgan fingerprint density at radius 1 is 1.32 bits per heavy atom. The predicted molar refractivity (Wildman–Crippen MR) is 146 cm³/mol. The van der Waals surface area contributed by atoms with Crippen LogP contribution >= 0.6 is 8.53 Å². The van der Waals surface area contributed by atoms with Gasteiger partial charge in [-0.2, -0.15) is 4.98 Å². The number of nitrogens with one attached hydrogen (secondary N) is 2. The van der Waals surface area contributed by atoms with Crippen molar-refractivity contribution in [2.45, 2.75) is 76.2 Å². The van der Waals surface area contributed by atoms with Gasteiger partial charge in [-0.25, -0.2) is 9.65 Å². The van der Waals surface area contributed by atoms with Gasteiger partial charge in [-0.3, -0.25) is 24.5 Å². The second kappa shape index (κ2) is 9.97. The molecule has 1 aromatic carbocycles. The molecule has 13 heteroatoms. The summed E-state index contributed by atoms with van der Waals surface area (Å²) in [6.07, 6.45) is 2.94. The van der Waals surface area contributed by atoms with Crippen LogP contribution in [0.3, 0.4) is 0 Å². The van der Waals surface area contributed by atoms with E-state index in [1.807, 2.05) is 18.2 Å². The molecular weight excluding hydrogens is 535 g/mol. The van der Waals surface area contributed by atoms with Crippen molar-refractivity contribution in [3.05, 3.63) is 52.6 Å². The average molecular weight is 569 g/mol. The van der Waals surface area contributed by atoms with Crippen LogP contribution in [0, 0.1) is 5.92 Å². The molecule has 6 heterocycles. The molecule has 4 saturated heterocycles. The molecule has 0 radical (unpaired) electrons. The van der Waals surface area contributed by atoms with E-state index < -0.39 is 32.0 Å². The molecule has 2 N–H and O–H groups in total. The normalized spacial score (nSPS) is 33.3. The third-order valence-corrected chi connectivity index (χ3v) is 10.1. The largest absolute Gasteiger partial charge is 0.368 e. The smallest absolute Gasteiger partial charge is 0.280 e. The number of hydrogen-bond acceptors (Lipinski definition) is 9. The minimum Gasteiger partial charge on any atom is -0.368 e. The number of carbonyl (C=O) groups is 1. The van der Waals surface area contributed by atoms with Gasteiger partial charge in [0, 0.05) is 18.5 Å². The molecule has 4 unspecified atom stereocenters. The fourth-order valence-corrected chi connectivity index (χ4v) is 8.20. The second-order valence-corrected chi connectivity index (χ2v) is 12.6. The number of amides is 1. The third-order valence-electron chi connectivity index (χ3n) is 8.41. The molecule has 0 saturated carbocycles. The van der Waals surface area contributed by atoms with E-state index in [1.165, 1.54) is 11.9 Å². The number of benzene rings is 1. The lowest BCUT2D eigenvalue weighted by Gasteiger charge is -2.31. The zero-order valence-corrected chi connectivity index (χ0v) is 23.5. The molecular formula is C27H33N6O6P. The van der Waals surface area contributed by atoms with Gasteiger partial charge in [-0.15, -0.1) is 0 Å². The molecule has 12 nitrogen and oxygen atoms in total. The number of rotatable bonds is 7. The zero-order valence-electron chi connectivity index (χ0n) is 22.6. The van der Waals surface area contributed by atoms with Gasteiger partial charge < -0.3 is 18.5 Å². The summed E-state index contributed by atoms with van der Waals surface area (Å²) in [5.74, 6) is -0.457. The first kappa shape index (κ1) is 26.2. The standard InChI is InChI=1S/C27H33N6O6P/c1-4-27-13-36-20(21(27)39-40-33-12-8-11-17(33)19(38-40)16-9-6-5-7-10-16)25(37-27)32-14-28-18-22(32)29-26(31-24(18)35)30-23(34)15(2)3/h5-7,9-10,14-15,17,19-21,25H,4,8,11-13H2,1-3H3,(H2,29,30,31,34,35)/t17?,19?,20-,21?,25+,27-,40?/m0/s1. The zero-order chi connectivity index (χ0) is 27.6. The Labute approximate surface area is 232 Å². The van der Waals surface area contributed by atoms with Crippen LogP contribution in [-0.4, -0.2) is 67.1 Å². The Hall–Kier alpha value is -2.73. The number of aromatic amines is 1. The van der Waals surface area contributed by atoms with Gasteiger partial charge in [0.05, 0.1) is 12.9 Å². The van der Waals surface area contributed by atoms with Crippen LogP contribution < -0.4 is 10.9 Å². The van der Waals surface area contributed by atoms with E-state index in [0.29, 0.717) is 18.7 Å². The summed E-state index contributed by atoms with van der Waals surface area (Å²) in [5.41, 5.74) is 0.513. The van der Waals surface area contributed by atoms with E-state index in [9.17, 15) is 9.59 Å². The quantitative estimate of drug-likeness (QED) is 0.410. The van der Waals surface area contributed by atoms with Crippen molar-refractivity contribution in [1.82, 2.24) is 24.2 Å². The van der Waals surface area contributed by atoms with E-state index in [1.54, 1.807) is 18.4 Å². The summed E-state index contributed by atoms with van der Waals surface area (Å²) in [4.78, 5) is 36.4. The van der Waals surface area contributed by atoms with Gasteiger partial charge in [-0.1, -0.05) is 51.1 Å². The fourth-order valence-electron chi connectivity index (χ4n) is 6.16. The number of hydrogen-bond donors (Lipinski definition) is 2.